The maximum atomic E-state index is 13.3. The number of nitrogens with zero attached hydrogens (tertiary/aromatic N) is 1. The van der Waals surface area contributed by atoms with Gasteiger partial charge < -0.3 is 10.1 Å². The molecule has 4 nitrogen and oxygen atoms in total. The molecule has 1 amide bonds. The van der Waals surface area contributed by atoms with Crippen LogP contribution in [0.25, 0.3) is 0 Å². The predicted octanol–water partition coefficient (Wildman–Crippen LogP) is 5.49. The molecule has 0 heterocycles. The topological polar surface area (TPSA) is 62.1 Å². The smallest absolute Gasteiger partial charge is 0.235 e. The normalized spacial score (nSPS) is 16.2. The second-order valence-corrected chi connectivity index (χ2v) is 7.77. The van der Waals surface area contributed by atoms with Gasteiger partial charge in [-0.2, -0.15) is 5.26 Å². The van der Waals surface area contributed by atoms with Crippen molar-refractivity contribution in [2.45, 2.75) is 64.4 Å². The molecule has 0 aromatic heterocycles. The van der Waals surface area contributed by atoms with Crippen molar-refractivity contribution in [2.24, 2.45) is 0 Å². The van der Waals surface area contributed by atoms with E-state index in [0.29, 0.717) is 17.0 Å². The Morgan fingerprint density at radius 3 is 2.50 bits per heavy atom. The number of rotatable bonds is 6. The van der Waals surface area contributed by atoms with Crippen LogP contribution in [0.5, 0.6) is 5.75 Å². The summed E-state index contributed by atoms with van der Waals surface area (Å²) in [7, 11) is 0. The number of nitrogens with one attached hydrogen (secondary N) is 1. The fraction of sp³-hybridized carbons (Fsp3) is 0.417. The van der Waals surface area contributed by atoms with Crippen molar-refractivity contribution in [2.75, 3.05) is 5.32 Å². The highest BCUT2D eigenvalue weighted by Crippen LogP contribution is 2.42. The van der Waals surface area contributed by atoms with Crippen molar-refractivity contribution in [3.05, 3.63) is 59.2 Å². The van der Waals surface area contributed by atoms with Gasteiger partial charge in [-0.3, -0.25) is 4.79 Å². The molecule has 0 radical (unpaired) electrons. The minimum atomic E-state index is -0.522. The molecule has 2 aromatic carbocycles. The number of carbonyl (C=O) groups is 1. The molecule has 3 rings (SSSR count). The van der Waals surface area contributed by atoms with E-state index >= 15 is 0 Å². The standard InChI is InChI=1S/C24H28N2O2/c1-4-18(3)28-21-11-12-22(19(15-21)16-25)26-23(27)24(13-5-6-14-24)20-9-7-17(2)8-10-20/h7-12,15,18H,4-6,13-14H2,1-3H3,(H,26,27)/t18-/m1/s1. The van der Waals surface area contributed by atoms with Crippen LogP contribution in [0.15, 0.2) is 42.5 Å². The first-order valence-electron chi connectivity index (χ1n) is 10.1. The lowest BCUT2D eigenvalue weighted by molar-refractivity contribution is -0.121. The van der Waals surface area contributed by atoms with Crippen LogP contribution in [0.3, 0.4) is 0 Å². The number of anilines is 1. The highest BCUT2D eigenvalue weighted by atomic mass is 16.5. The van der Waals surface area contributed by atoms with Gasteiger partial charge in [0.25, 0.3) is 0 Å². The number of ether oxygens (including phenoxy) is 1. The van der Waals surface area contributed by atoms with Crippen LogP contribution in [-0.4, -0.2) is 12.0 Å². The Hall–Kier alpha value is -2.80. The number of amides is 1. The SMILES string of the molecule is CC[C@@H](C)Oc1ccc(NC(=O)C2(c3ccc(C)cc3)CCCC2)c(C#N)c1. The van der Waals surface area contributed by atoms with Gasteiger partial charge in [-0.05, 0) is 50.8 Å². The van der Waals surface area contributed by atoms with Gasteiger partial charge >= 0.3 is 0 Å². The molecule has 1 saturated carbocycles. The second kappa shape index (κ2) is 8.48. The van der Waals surface area contributed by atoms with E-state index in [4.69, 9.17) is 4.74 Å². The summed E-state index contributed by atoms with van der Waals surface area (Å²) in [5.74, 6) is 0.624. The molecule has 0 saturated heterocycles. The number of carbonyl (C=O) groups excluding carboxylic acids is 1. The average molecular weight is 377 g/mol. The van der Waals surface area contributed by atoms with Crippen molar-refractivity contribution in [3.63, 3.8) is 0 Å². The van der Waals surface area contributed by atoms with Crippen molar-refractivity contribution >= 4 is 11.6 Å². The lowest BCUT2D eigenvalue weighted by Gasteiger charge is -2.28. The predicted molar refractivity (Wildman–Crippen MR) is 111 cm³/mol. The van der Waals surface area contributed by atoms with E-state index in [1.807, 2.05) is 19.9 Å². The summed E-state index contributed by atoms with van der Waals surface area (Å²) < 4.78 is 5.80. The van der Waals surface area contributed by atoms with Crippen LogP contribution < -0.4 is 10.1 Å². The first-order chi connectivity index (χ1) is 13.5. The molecule has 1 aliphatic carbocycles. The third-order valence-electron chi connectivity index (χ3n) is 5.77. The Morgan fingerprint density at radius 1 is 1.21 bits per heavy atom. The molecule has 0 spiro atoms. The first-order valence-corrected chi connectivity index (χ1v) is 10.1. The number of aryl methyl sites for hydroxylation is 1. The minimum absolute atomic E-state index is 0.0269. The molecule has 146 valence electrons. The van der Waals surface area contributed by atoms with Crippen LogP contribution in [0, 0.1) is 18.3 Å². The van der Waals surface area contributed by atoms with Crippen molar-refractivity contribution in [3.8, 4) is 11.8 Å². The Kier molecular flexibility index (Phi) is 6.04. The largest absolute Gasteiger partial charge is 0.491 e. The zero-order valence-corrected chi connectivity index (χ0v) is 16.9. The molecule has 0 aliphatic heterocycles. The Labute approximate surface area is 167 Å². The van der Waals surface area contributed by atoms with E-state index in [0.717, 1.165) is 37.7 Å². The number of benzene rings is 2. The Balaban J connectivity index is 1.86. The summed E-state index contributed by atoms with van der Waals surface area (Å²) in [6.07, 6.45) is 4.70. The van der Waals surface area contributed by atoms with Crippen LogP contribution in [-0.2, 0) is 10.2 Å². The summed E-state index contributed by atoms with van der Waals surface area (Å²) >= 11 is 0. The van der Waals surface area contributed by atoms with Crippen LogP contribution in [0.4, 0.5) is 5.69 Å². The van der Waals surface area contributed by atoms with Crippen molar-refractivity contribution in [1.82, 2.24) is 0 Å². The third-order valence-corrected chi connectivity index (χ3v) is 5.77. The highest BCUT2D eigenvalue weighted by molar-refractivity contribution is 6.00. The molecule has 0 bridgehead atoms. The van der Waals surface area contributed by atoms with Crippen molar-refractivity contribution < 1.29 is 9.53 Å². The van der Waals surface area contributed by atoms with E-state index in [2.05, 4.69) is 42.6 Å². The molecular formula is C24H28N2O2. The molecular weight excluding hydrogens is 348 g/mol. The third kappa shape index (κ3) is 4.04. The zero-order valence-electron chi connectivity index (χ0n) is 16.9. The quantitative estimate of drug-likeness (QED) is 0.724. The maximum Gasteiger partial charge on any atom is 0.235 e. The molecule has 0 unspecified atom stereocenters. The highest BCUT2D eigenvalue weighted by Gasteiger charge is 2.42. The van der Waals surface area contributed by atoms with Crippen LogP contribution in [0.2, 0.25) is 0 Å². The number of nitriles is 1. The van der Waals surface area contributed by atoms with Crippen LogP contribution >= 0.6 is 0 Å². The van der Waals surface area contributed by atoms with Gasteiger partial charge in [0.1, 0.15) is 11.8 Å². The molecule has 1 fully saturated rings. The summed E-state index contributed by atoms with van der Waals surface area (Å²) in [5.41, 5.74) is 2.68. The van der Waals surface area contributed by atoms with Gasteiger partial charge in [0, 0.05) is 6.07 Å². The fourth-order valence-corrected chi connectivity index (χ4v) is 3.85. The van der Waals surface area contributed by atoms with Gasteiger partial charge in [0.2, 0.25) is 5.91 Å². The number of hydrogen-bond donors (Lipinski definition) is 1. The molecule has 28 heavy (non-hydrogen) atoms. The number of hydrogen-bond acceptors (Lipinski definition) is 3. The zero-order chi connectivity index (χ0) is 20.1. The lowest BCUT2D eigenvalue weighted by atomic mass is 9.77. The van der Waals surface area contributed by atoms with Gasteiger partial charge in [-0.15, -0.1) is 0 Å². The Bertz CT molecular complexity index is 874. The summed E-state index contributed by atoms with van der Waals surface area (Å²) in [6.45, 7) is 6.09. The van der Waals surface area contributed by atoms with E-state index in [1.54, 1.807) is 12.1 Å². The second-order valence-electron chi connectivity index (χ2n) is 7.77. The van der Waals surface area contributed by atoms with E-state index in [1.165, 1.54) is 5.56 Å². The monoisotopic (exact) mass is 376 g/mol. The van der Waals surface area contributed by atoms with Gasteiger partial charge in [0.05, 0.1) is 22.8 Å². The molecule has 2 aromatic rings. The lowest BCUT2D eigenvalue weighted by Crippen LogP contribution is -2.38. The van der Waals surface area contributed by atoms with Gasteiger partial charge in [0.15, 0.2) is 0 Å². The van der Waals surface area contributed by atoms with E-state index in [9.17, 15) is 10.1 Å². The Morgan fingerprint density at radius 2 is 1.89 bits per heavy atom. The summed E-state index contributed by atoms with van der Waals surface area (Å²) in [4.78, 5) is 13.3. The molecule has 1 aliphatic rings. The van der Waals surface area contributed by atoms with Crippen molar-refractivity contribution in [1.29, 1.82) is 5.26 Å². The maximum absolute atomic E-state index is 13.3. The summed E-state index contributed by atoms with van der Waals surface area (Å²) in [6, 6.07) is 15.7. The first kappa shape index (κ1) is 19.9. The van der Waals surface area contributed by atoms with Gasteiger partial charge in [-0.1, -0.05) is 49.6 Å². The minimum Gasteiger partial charge on any atom is -0.491 e. The molecule has 1 atom stereocenters. The van der Waals surface area contributed by atoms with E-state index in [-0.39, 0.29) is 12.0 Å². The van der Waals surface area contributed by atoms with E-state index < -0.39 is 5.41 Å². The average Bonchev–Trinajstić information content (AvgIpc) is 3.20. The molecule has 4 heteroatoms. The fourth-order valence-electron chi connectivity index (χ4n) is 3.85. The van der Waals surface area contributed by atoms with Crippen LogP contribution in [0.1, 0.15) is 62.6 Å². The molecule has 1 N–H and O–H groups in total. The van der Waals surface area contributed by atoms with Gasteiger partial charge in [-0.25, -0.2) is 0 Å². The summed E-state index contributed by atoms with van der Waals surface area (Å²) in [5, 5.41) is 12.6.